The first kappa shape index (κ1) is 104. The van der Waals surface area contributed by atoms with E-state index in [0.29, 0.717) is 32.1 Å². The van der Waals surface area contributed by atoms with Crippen LogP contribution >= 0.6 is 15.6 Å². The predicted molar refractivity (Wildman–Crippen MR) is 454 cm³/mol. The molecule has 5 atom stereocenters. The molecule has 0 saturated carbocycles. The maximum absolute atomic E-state index is 13.1. The molecule has 0 spiro atoms. The second kappa shape index (κ2) is 80.9. The van der Waals surface area contributed by atoms with Crippen molar-refractivity contribution >= 4 is 39.5 Å². The van der Waals surface area contributed by atoms with Crippen molar-refractivity contribution in [2.45, 2.75) is 316 Å². The minimum Gasteiger partial charge on any atom is -0.462 e. The number of carbonyl (C=O) groups is 4. The van der Waals surface area contributed by atoms with Crippen LogP contribution in [0.1, 0.15) is 297 Å². The smallest absolute Gasteiger partial charge is 0.462 e. The van der Waals surface area contributed by atoms with E-state index >= 15 is 0 Å². The Morgan fingerprint density at radius 2 is 0.491 bits per heavy atom. The van der Waals surface area contributed by atoms with Gasteiger partial charge in [0.2, 0.25) is 0 Å². The van der Waals surface area contributed by atoms with E-state index in [1.54, 1.807) is 0 Å². The van der Waals surface area contributed by atoms with Crippen LogP contribution in [0.3, 0.4) is 0 Å². The van der Waals surface area contributed by atoms with Crippen molar-refractivity contribution in [1.29, 1.82) is 0 Å². The van der Waals surface area contributed by atoms with Crippen LogP contribution in [-0.4, -0.2) is 96.7 Å². The second-order valence-corrected chi connectivity index (χ2v) is 29.8. The highest BCUT2D eigenvalue weighted by Crippen LogP contribution is 2.45. The fraction of sp³-hybridized carbons (Fsp3) is 0.604. The van der Waals surface area contributed by atoms with E-state index in [1.807, 2.05) is 18.2 Å². The summed E-state index contributed by atoms with van der Waals surface area (Å²) in [5.41, 5.74) is 0. The number of hydrogen-bond acceptors (Lipinski definition) is 15. The summed E-state index contributed by atoms with van der Waals surface area (Å²) in [5.74, 6) is -2.35. The molecule has 110 heavy (non-hydrogen) atoms. The van der Waals surface area contributed by atoms with Gasteiger partial charge < -0.3 is 33.8 Å². The molecule has 0 aliphatic carbocycles. The molecule has 5 unspecified atom stereocenters. The summed E-state index contributed by atoms with van der Waals surface area (Å²) < 4.78 is 68.6. The van der Waals surface area contributed by atoms with Crippen molar-refractivity contribution < 1.29 is 80.2 Å². The fourth-order valence-electron chi connectivity index (χ4n) is 10.3. The SMILES string of the molecule is CC/C=C\C/C=C\C/C=C\C/C=C\C/C=C\C/C=C\CCC(=O)OCC(COP(=O)(O)OCC(O)COP(=O)(O)OCC(COC(=O)CCCCCCCC/C=C\C/C=C\C/C=C\CCCCC)OC(=O)CCCCCCC/C=C\C/C=C\C/C=C\CC)OC(=O)CCCCCC/C=C\C/C=C\C/C=C\C/C=C\CC. The Hall–Kier alpha value is -6.10. The predicted octanol–water partition coefficient (Wildman–Crippen LogP) is 24.9. The Morgan fingerprint density at radius 1 is 0.264 bits per heavy atom. The third-order valence-corrected chi connectivity index (χ3v) is 18.4. The Kier molecular flexibility index (Phi) is 76.4. The monoisotopic (exact) mass is 1570 g/mol. The topological polar surface area (TPSA) is 237 Å². The Morgan fingerprint density at radius 3 is 0.782 bits per heavy atom. The summed E-state index contributed by atoms with van der Waals surface area (Å²) in [7, 11) is -10.0. The molecule has 0 heterocycles. The standard InChI is InChI=1S/C91H146O17P2/c1-5-9-13-17-21-25-29-33-37-40-42-45-48-51-55-59-63-67-71-75-88(93)101-81-86(107-90(95)77-73-69-65-61-57-53-47-36-32-28-24-20-16-12-8-4)83-105-109(97,98)103-79-85(92)80-104-110(99,100)106-84-87(108-91(96)78-74-70-66-62-58-54-50-44-39-35-31-27-23-19-15-11-7-3)82-102-89(94)76-72-68-64-60-56-52-49-46-43-41-38-34-30-26-22-18-14-10-6-2/h10-12,14-16,21-28,33-39,42-43,45-47,50,52,54,56,64,68,85-87,92H,5-9,13,17-20,29-32,40-41,44,48-49,51,53,55,57-63,65-67,69-84H2,1-4H3,(H,97,98)(H,99,100)/b14-10-,15-11-,16-12-,25-21-,26-22-,27-23-,28-24-,37-33-,38-34-,39-35-,45-42-,46-43-,47-36-,54-50-,56-52-,68-64-. The quantitative estimate of drug-likeness (QED) is 0.0169. The average molecular weight is 1570 g/mol. The molecule has 0 aliphatic rings. The third kappa shape index (κ3) is 80.0. The zero-order valence-corrected chi connectivity index (χ0v) is 69.9. The first-order valence-corrected chi connectivity index (χ1v) is 44.7. The highest BCUT2D eigenvalue weighted by atomic mass is 31.2. The molecule has 0 bridgehead atoms. The molecular formula is C91H146O17P2. The average Bonchev–Trinajstić information content (AvgIpc) is 0.906. The number of aliphatic hydroxyl groups excluding tert-OH is 1. The molecule has 0 radical (unpaired) electrons. The molecule has 0 aromatic rings. The summed E-state index contributed by atoms with van der Waals surface area (Å²) in [6.07, 6.45) is 99.8. The van der Waals surface area contributed by atoms with Crippen molar-refractivity contribution in [3.05, 3.63) is 194 Å². The van der Waals surface area contributed by atoms with Crippen LogP contribution < -0.4 is 0 Å². The van der Waals surface area contributed by atoms with Crippen molar-refractivity contribution in [1.82, 2.24) is 0 Å². The normalized spacial score (nSPS) is 14.8. The van der Waals surface area contributed by atoms with Gasteiger partial charge in [0.15, 0.2) is 12.2 Å². The van der Waals surface area contributed by atoms with Crippen LogP contribution in [0.5, 0.6) is 0 Å². The number of ether oxygens (including phenoxy) is 4. The van der Waals surface area contributed by atoms with Gasteiger partial charge in [0.25, 0.3) is 0 Å². The number of allylic oxidation sites excluding steroid dienone is 32. The molecule has 0 saturated heterocycles. The minimum absolute atomic E-state index is 0.0223. The minimum atomic E-state index is -5.02. The molecule has 622 valence electrons. The number of carbonyl (C=O) groups excluding carboxylic acids is 4. The summed E-state index contributed by atoms with van der Waals surface area (Å²) >= 11 is 0. The van der Waals surface area contributed by atoms with E-state index < -0.39 is 97.5 Å². The molecule has 0 aromatic heterocycles. The van der Waals surface area contributed by atoms with Gasteiger partial charge in [-0.05, 0) is 173 Å². The highest BCUT2D eigenvalue weighted by Gasteiger charge is 2.30. The Labute approximate surface area is 666 Å². The zero-order valence-electron chi connectivity index (χ0n) is 68.1. The summed E-state index contributed by atoms with van der Waals surface area (Å²) in [5, 5.41) is 10.7. The molecule has 0 fully saturated rings. The highest BCUT2D eigenvalue weighted by molar-refractivity contribution is 7.47. The lowest BCUT2D eigenvalue weighted by atomic mass is 10.1. The van der Waals surface area contributed by atoms with E-state index in [1.165, 1.54) is 19.3 Å². The molecular weight excluding hydrogens is 1430 g/mol. The van der Waals surface area contributed by atoms with E-state index in [9.17, 15) is 43.2 Å². The number of hydrogen-bond donors (Lipinski definition) is 3. The molecule has 0 amide bonds. The largest absolute Gasteiger partial charge is 0.472 e. The Bertz CT molecular complexity index is 2850. The third-order valence-electron chi connectivity index (χ3n) is 16.5. The van der Waals surface area contributed by atoms with Gasteiger partial charge in [0.05, 0.1) is 26.4 Å². The fourth-order valence-corrected chi connectivity index (χ4v) is 11.9. The van der Waals surface area contributed by atoms with Gasteiger partial charge in [-0.2, -0.15) is 0 Å². The summed E-state index contributed by atoms with van der Waals surface area (Å²) in [6.45, 7) is 4.35. The first-order chi connectivity index (χ1) is 53.7. The van der Waals surface area contributed by atoms with Gasteiger partial charge in [-0.3, -0.25) is 37.3 Å². The van der Waals surface area contributed by atoms with Gasteiger partial charge in [-0.1, -0.05) is 293 Å². The van der Waals surface area contributed by atoms with E-state index in [4.69, 9.17) is 37.0 Å². The van der Waals surface area contributed by atoms with Crippen LogP contribution in [0.15, 0.2) is 194 Å². The molecule has 0 aliphatic heterocycles. The number of rotatable bonds is 76. The van der Waals surface area contributed by atoms with Gasteiger partial charge in [0, 0.05) is 25.7 Å². The van der Waals surface area contributed by atoms with Crippen LogP contribution in [0.25, 0.3) is 0 Å². The second-order valence-electron chi connectivity index (χ2n) is 26.9. The summed E-state index contributed by atoms with van der Waals surface area (Å²) in [6, 6.07) is 0. The van der Waals surface area contributed by atoms with Crippen molar-refractivity contribution in [3.63, 3.8) is 0 Å². The number of esters is 4. The molecule has 0 rings (SSSR count). The lowest BCUT2D eigenvalue weighted by Crippen LogP contribution is -2.30. The van der Waals surface area contributed by atoms with Crippen LogP contribution in [-0.2, 0) is 65.4 Å². The van der Waals surface area contributed by atoms with Crippen LogP contribution in [0.2, 0.25) is 0 Å². The van der Waals surface area contributed by atoms with Crippen LogP contribution in [0.4, 0.5) is 0 Å². The Balaban J connectivity index is 5.50. The number of aliphatic hydroxyl groups is 1. The van der Waals surface area contributed by atoms with E-state index in [-0.39, 0.29) is 25.7 Å². The van der Waals surface area contributed by atoms with Gasteiger partial charge in [0.1, 0.15) is 19.3 Å². The lowest BCUT2D eigenvalue weighted by Gasteiger charge is -2.21. The first-order valence-electron chi connectivity index (χ1n) is 41.7. The van der Waals surface area contributed by atoms with Crippen LogP contribution in [0, 0.1) is 0 Å². The van der Waals surface area contributed by atoms with E-state index in [0.717, 1.165) is 193 Å². The molecule has 17 nitrogen and oxygen atoms in total. The maximum Gasteiger partial charge on any atom is 0.472 e. The maximum atomic E-state index is 13.1. The number of phosphoric acid groups is 2. The summed E-state index contributed by atoms with van der Waals surface area (Å²) in [4.78, 5) is 73.2. The molecule has 19 heteroatoms. The molecule has 0 aromatic carbocycles. The lowest BCUT2D eigenvalue weighted by molar-refractivity contribution is -0.161. The zero-order chi connectivity index (χ0) is 80.3. The van der Waals surface area contributed by atoms with Crippen molar-refractivity contribution in [2.24, 2.45) is 0 Å². The molecule has 3 N–H and O–H groups in total. The van der Waals surface area contributed by atoms with Gasteiger partial charge in [-0.25, -0.2) is 9.13 Å². The van der Waals surface area contributed by atoms with Crippen molar-refractivity contribution in [3.8, 4) is 0 Å². The van der Waals surface area contributed by atoms with Gasteiger partial charge >= 0.3 is 39.5 Å². The number of unbranched alkanes of at least 4 members (excludes halogenated alkanes) is 18. The van der Waals surface area contributed by atoms with E-state index in [2.05, 4.69) is 204 Å². The van der Waals surface area contributed by atoms with Gasteiger partial charge in [-0.15, -0.1) is 0 Å². The van der Waals surface area contributed by atoms with Crippen molar-refractivity contribution in [2.75, 3.05) is 39.6 Å². The number of phosphoric ester groups is 2.